The normalized spacial score (nSPS) is 29.7. The Balaban J connectivity index is 1.86. The molecule has 0 spiro atoms. The first-order valence-corrected chi connectivity index (χ1v) is 7.22. The molecule has 0 atom stereocenters. The molecule has 1 saturated carbocycles. The summed E-state index contributed by atoms with van der Waals surface area (Å²) >= 11 is 5.02. The van der Waals surface area contributed by atoms with Crippen molar-refractivity contribution in [3.8, 4) is 0 Å². The van der Waals surface area contributed by atoms with Gasteiger partial charge in [0.05, 0.1) is 16.9 Å². The zero-order valence-electron chi connectivity index (χ0n) is 11.3. The highest BCUT2D eigenvalue weighted by Crippen LogP contribution is 2.45. The average molecular weight is 283 g/mol. The van der Waals surface area contributed by atoms with Crippen LogP contribution in [0.2, 0.25) is 0 Å². The fraction of sp³-hybridized carbons (Fsp3) is 0.769. The van der Waals surface area contributed by atoms with Crippen LogP contribution < -0.4 is 11.1 Å². The maximum atomic E-state index is 12.2. The SMILES string of the molecule is CC1CC(C(=O)NCC(=O)N2CCCC2)(C(N)=S)C1. The smallest absolute Gasteiger partial charge is 0.241 e. The van der Waals surface area contributed by atoms with Gasteiger partial charge >= 0.3 is 0 Å². The van der Waals surface area contributed by atoms with Crippen LogP contribution in [-0.2, 0) is 9.59 Å². The number of rotatable bonds is 4. The second kappa shape index (κ2) is 5.45. The molecule has 0 aromatic rings. The van der Waals surface area contributed by atoms with Crippen LogP contribution in [0, 0.1) is 11.3 Å². The number of hydrogen-bond acceptors (Lipinski definition) is 3. The predicted octanol–water partition coefficient (Wildman–Crippen LogP) is 0.427. The highest BCUT2D eigenvalue weighted by atomic mass is 32.1. The lowest BCUT2D eigenvalue weighted by Gasteiger charge is -2.44. The van der Waals surface area contributed by atoms with Crippen LogP contribution in [0.25, 0.3) is 0 Å². The standard InChI is InChI=1S/C13H21N3O2S/c1-9-6-13(7-9,11(14)19)12(18)15-8-10(17)16-4-2-3-5-16/h9H,2-8H2,1H3,(H2,14,19)(H,15,18). The zero-order valence-corrected chi connectivity index (χ0v) is 12.1. The minimum absolute atomic E-state index is 0.0173. The summed E-state index contributed by atoms with van der Waals surface area (Å²) in [5, 5.41) is 2.71. The molecule has 1 aliphatic carbocycles. The number of thiocarbonyl (C=S) groups is 1. The molecule has 5 nitrogen and oxygen atoms in total. The van der Waals surface area contributed by atoms with Crippen molar-refractivity contribution in [2.75, 3.05) is 19.6 Å². The molecule has 1 heterocycles. The van der Waals surface area contributed by atoms with Gasteiger partial charge in [-0.05, 0) is 31.6 Å². The van der Waals surface area contributed by atoms with E-state index in [-0.39, 0.29) is 23.3 Å². The van der Waals surface area contributed by atoms with E-state index < -0.39 is 5.41 Å². The highest BCUT2D eigenvalue weighted by Gasteiger charge is 2.50. The molecule has 2 rings (SSSR count). The number of hydrogen-bond donors (Lipinski definition) is 2. The largest absolute Gasteiger partial charge is 0.392 e. The van der Waals surface area contributed by atoms with Crippen molar-refractivity contribution in [2.24, 2.45) is 17.1 Å². The van der Waals surface area contributed by atoms with Gasteiger partial charge in [0.15, 0.2) is 0 Å². The minimum atomic E-state index is -0.722. The number of nitrogens with one attached hydrogen (secondary N) is 1. The van der Waals surface area contributed by atoms with Crippen LogP contribution >= 0.6 is 12.2 Å². The molecule has 6 heteroatoms. The molecule has 3 N–H and O–H groups in total. The average Bonchev–Trinajstić information content (AvgIpc) is 2.84. The Hall–Kier alpha value is -1.17. The fourth-order valence-corrected chi connectivity index (χ4v) is 3.29. The van der Waals surface area contributed by atoms with E-state index in [4.69, 9.17) is 18.0 Å². The van der Waals surface area contributed by atoms with Gasteiger partial charge < -0.3 is 16.0 Å². The van der Waals surface area contributed by atoms with Crippen LogP contribution in [0.4, 0.5) is 0 Å². The van der Waals surface area contributed by atoms with Gasteiger partial charge in [-0.1, -0.05) is 19.1 Å². The van der Waals surface area contributed by atoms with E-state index in [0.717, 1.165) is 25.9 Å². The molecule has 2 fully saturated rings. The molecule has 0 radical (unpaired) electrons. The Morgan fingerprint density at radius 2 is 1.95 bits per heavy atom. The van der Waals surface area contributed by atoms with Gasteiger partial charge in [-0.25, -0.2) is 0 Å². The molecule has 1 aliphatic heterocycles. The van der Waals surface area contributed by atoms with Gasteiger partial charge in [-0.3, -0.25) is 9.59 Å². The van der Waals surface area contributed by atoms with Gasteiger partial charge in [-0.15, -0.1) is 0 Å². The Morgan fingerprint density at radius 3 is 2.42 bits per heavy atom. The van der Waals surface area contributed by atoms with Crippen LogP contribution in [0.3, 0.4) is 0 Å². The lowest BCUT2D eigenvalue weighted by molar-refractivity contribution is -0.137. The lowest BCUT2D eigenvalue weighted by Crippen LogP contribution is -2.57. The third-order valence-electron chi connectivity index (χ3n) is 4.16. The molecular formula is C13H21N3O2S. The van der Waals surface area contributed by atoms with Crippen molar-refractivity contribution in [1.29, 1.82) is 0 Å². The van der Waals surface area contributed by atoms with E-state index in [1.54, 1.807) is 4.90 Å². The molecular weight excluding hydrogens is 262 g/mol. The summed E-state index contributed by atoms with van der Waals surface area (Å²) in [5.74, 6) is 0.253. The maximum Gasteiger partial charge on any atom is 0.241 e. The Bertz CT molecular complexity index is 399. The Labute approximate surface area is 118 Å². The van der Waals surface area contributed by atoms with Crippen molar-refractivity contribution < 1.29 is 9.59 Å². The second-order valence-electron chi connectivity index (χ2n) is 5.73. The summed E-state index contributed by atoms with van der Waals surface area (Å²) < 4.78 is 0. The molecule has 19 heavy (non-hydrogen) atoms. The van der Waals surface area contributed by atoms with E-state index in [2.05, 4.69) is 12.2 Å². The number of nitrogens with two attached hydrogens (primary N) is 1. The number of likely N-dealkylation sites (tertiary alicyclic amines) is 1. The van der Waals surface area contributed by atoms with E-state index in [9.17, 15) is 9.59 Å². The van der Waals surface area contributed by atoms with E-state index in [0.29, 0.717) is 18.8 Å². The lowest BCUT2D eigenvalue weighted by atomic mass is 9.62. The molecule has 2 amide bonds. The maximum absolute atomic E-state index is 12.2. The monoisotopic (exact) mass is 283 g/mol. The van der Waals surface area contributed by atoms with Gasteiger partial charge in [0.2, 0.25) is 11.8 Å². The van der Waals surface area contributed by atoms with Gasteiger partial charge in [0, 0.05) is 13.1 Å². The van der Waals surface area contributed by atoms with Gasteiger partial charge in [0.1, 0.15) is 0 Å². The summed E-state index contributed by atoms with van der Waals surface area (Å²) in [6, 6.07) is 0. The van der Waals surface area contributed by atoms with E-state index in [1.807, 2.05) is 0 Å². The summed E-state index contributed by atoms with van der Waals surface area (Å²) in [5.41, 5.74) is 4.98. The summed E-state index contributed by atoms with van der Waals surface area (Å²) in [6.45, 7) is 3.72. The van der Waals surface area contributed by atoms with Crippen molar-refractivity contribution >= 4 is 29.0 Å². The molecule has 0 unspecified atom stereocenters. The van der Waals surface area contributed by atoms with Crippen molar-refractivity contribution in [3.63, 3.8) is 0 Å². The van der Waals surface area contributed by atoms with E-state index >= 15 is 0 Å². The summed E-state index contributed by atoms with van der Waals surface area (Å²) in [6.07, 6.45) is 3.47. The molecule has 0 aromatic carbocycles. The topological polar surface area (TPSA) is 75.4 Å². The van der Waals surface area contributed by atoms with Crippen molar-refractivity contribution in [2.45, 2.75) is 32.6 Å². The van der Waals surface area contributed by atoms with Crippen LogP contribution in [0.1, 0.15) is 32.6 Å². The first-order valence-electron chi connectivity index (χ1n) is 6.82. The van der Waals surface area contributed by atoms with Crippen molar-refractivity contribution in [3.05, 3.63) is 0 Å². The third kappa shape index (κ3) is 2.73. The van der Waals surface area contributed by atoms with Crippen LogP contribution in [0.5, 0.6) is 0 Å². The molecule has 2 aliphatic rings. The Morgan fingerprint density at radius 1 is 1.37 bits per heavy atom. The quantitative estimate of drug-likeness (QED) is 0.734. The second-order valence-corrected chi connectivity index (χ2v) is 6.17. The van der Waals surface area contributed by atoms with Gasteiger partial charge in [-0.2, -0.15) is 0 Å². The number of carbonyl (C=O) groups is 2. The first-order chi connectivity index (χ1) is 8.95. The number of carbonyl (C=O) groups excluding carboxylic acids is 2. The number of amides is 2. The highest BCUT2D eigenvalue weighted by molar-refractivity contribution is 7.80. The molecule has 1 saturated heterocycles. The molecule has 0 aromatic heterocycles. The zero-order chi connectivity index (χ0) is 14.0. The third-order valence-corrected chi connectivity index (χ3v) is 4.55. The summed E-state index contributed by atoms with van der Waals surface area (Å²) in [7, 11) is 0. The number of nitrogens with zero attached hydrogens (tertiary/aromatic N) is 1. The first kappa shape index (κ1) is 14.2. The summed E-state index contributed by atoms with van der Waals surface area (Å²) in [4.78, 5) is 26.1. The van der Waals surface area contributed by atoms with Crippen molar-refractivity contribution in [1.82, 2.24) is 10.2 Å². The van der Waals surface area contributed by atoms with Gasteiger partial charge in [0.25, 0.3) is 0 Å². The van der Waals surface area contributed by atoms with E-state index in [1.165, 1.54) is 0 Å². The predicted molar refractivity (Wildman–Crippen MR) is 76.4 cm³/mol. The molecule has 0 bridgehead atoms. The fourth-order valence-electron chi connectivity index (χ4n) is 3.03. The van der Waals surface area contributed by atoms with Crippen LogP contribution in [-0.4, -0.2) is 41.3 Å². The molecule has 106 valence electrons. The minimum Gasteiger partial charge on any atom is -0.392 e. The van der Waals surface area contributed by atoms with Crippen LogP contribution in [0.15, 0.2) is 0 Å². The Kier molecular flexibility index (Phi) is 4.08.